The van der Waals surface area contributed by atoms with Gasteiger partial charge in [-0.1, -0.05) is 12.1 Å². The molecule has 0 aliphatic carbocycles. The fourth-order valence-corrected chi connectivity index (χ4v) is 2.89. The quantitative estimate of drug-likeness (QED) is 0.881. The molecule has 0 atom stereocenters. The van der Waals surface area contributed by atoms with E-state index in [1.807, 2.05) is 25.1 Å². The van der Waals surface area contributed by atoms with Crippen molar-refractivity contribution in [2.75, 3.05) is 24.6 Å². The molecular weight excluding hydrogens is 278 g/mol. The number of carbonyl (C=O) groups is 1. The summed E-state index contributed by atoms with van der Waals surface area (Å²) in [7, 11) is 0. The Kier molecular flexibility index (Phi) is 4.13. The number of esters is 1. The lowest BCUT2D eigenvalue weighted by atomic mass is 10.1. The van der Waals surface area contributed by atoms with Gasteiger partial charge in [0, 0.05) is 30.0 Å². The van der Waals surface area contributed by atoms with E-state index in [2.05, 4.69) is 20.9 Å². The van der Waals surface area contributed by atoms with Crippen LogP contribution in [0.2, 0.25) is 0 Å². The summed E-state index contributed by atoms with van der Waals surface area (Å²) in [5.74, 6) is 0.351. The van der Waals surface area contributed by atoms with E-state index in [1.54, 1.807) is 6.92 Å². The molecule has 1 aliphatic heterocycles. The number of nitrogens with zero attached hydrogens (tertiary/aromatic N) is 2. The first kappa shape index (κ1) is 14.6. The van der Waals surface area contributed by atoms with E-state index in [0.717, 1.165) is 30.2 Å². The number of nitrogens with one attached hydrogen (secondary N) is 1. The molecular formula is C17H21N3O2. The molecule has 5 nitrogen and oxygen atoms in total. The number of aromatic nitrogens is 2. The van der Waals surface area contributed by atoms with Gasteiger partial charge >= 0.3 is 5.97 Å². The molecule has 0 bridgehead atoms. The second-order valence-corrected chi connectivity index (χ2v) is 5.49. The lowest BCUT2D eigenvalue weighted by Crippen LogP contribution is -2.18. The molecule has 5 heteroatoms. The van der Waals surface area contributed by atoms with Crippen molar-refractivity contribution in [3.8, 4) is 11.4 Å². The van der Waals surface area contributed by atoms with Crippen LogP contribution in [0.15, 0.2) is 24.3 Å². The lowest BCUT2D eigenvalue weighted by Gasteiger charge is -2.20. The number of aromatic amines is 1. The largest absolute Gasteiger partial charge is 0.461 e. The summed E-state index contributed by atoms with van der Waals surface area (Å²) in [6.45, 7) is 6.14. The van der Waals surface area contributed by atoms with Gasteiger partial charge in [0.15, 0.2) is 5.69 Å². The molecule has 2 aromatic rings. The van der Waals surface area contributed by atoms with E-state index in [4.69, 9.17) is 4.74 Å². The molecule has 1 saturated heterocycles. The van der Waals surface area contributed by atoms with Crippen molar-refractivity contribution in [2.24, 2.45) is 0 Å². The number of anilines is 1. The highest BCUT2D eigenvalue weighted by Crippen LogP contribution is 2.31. The van der Waals surface area contributed by atoms with Crippen LogP contribution in [0.3, 0.4) is 0 Å². The van der Waals surface area contributed by atoms with Crippen LogP contribution in [0.5, 0.6) is 0 Å². The molecule has 22 heavy (non-hydrogen) atoms. The molecule has 0 radical (unpaired) electrons. The van der Waals surface area contributed by atoms with Crippen molar-refractivity contribution in [3.05, 3.63) is 35.7 Å². The number of para-hydroxylation sites is 1. The summed E-state index contributed by atoms with van der Waals surface area (Å²) < 4.78 is 5.06. The molecule has 1 fully saturated rings. The van der Waals surface area contributed by atoms with E-state index in [-0.39, 0.29) is 5.97 Å². The van der Waals surface area contributed by atoms with Crippen LogP contribution >= 0.6 is 0 Å². The summed E-state index contributed by atoms with van der Waals surface area (Å²) in [5, 5.41) is 0. The molecule has 1 N–H and O–H groups in total. The van der Waals surface area contributed by atoms with Gasteiger partial charge in [0.25, 0.3) is 0 Å². The average molecular weight is 299 g/mol. The van der Waals surface area contributed by atoms with Crippen LogP contribution in [0, 0.1) is 6.92 Å². The maximum absolute atomic E-state index is 11.9. The highest BCUT2D eigenvalue weighted by atomic mass is 16.5. The highest BCUT2D eigenvalue weighted by Gasteiger charge is 2.21. The third-order valence-corrected chi connectivity index (χ3v) is 3.96. The summed E-state index contributed by atoms with van der Waals surface area (Å²) in [5.41, 5.74) is 3.31. The zero-order valence-electron chi connectivity index (χ0n) is 13.1. The van der Waals surface area contributed by atoms with Crippen molar-refractivity contribution < 1.29 is 9.53 Å². The van der Waals surface area contributed by atoms with Crippen LogP contribution in [0.25, 0.3) is 11.4 Å². The smallest absolute Gasteiger partial charge is 0.358 e. The van der Waals surface area contributed by atoms with Gasteiger partial charge in [-0.15, -0.1) is 0 Å². The topological polar surface area (TPSA) is 58.2 Å². The monoisotopic (exact) mass is 299 g/mol. The van der Waals surface area contributed by atoms with E-state index < -0.39 is 0 Å². The number of aryl methyl sites for hydroxylation is 1. The molecule has 2 heterocycles. The Morgan fingerprint density at radius 2 is 2.05 bits per heavy atom. The Bertz CT molecular complexity index is 672. The normalized spacial score (nSPS) is 14.4. The molecule has 1 aromatic carbocycles. The lowest BCUT2D eigenvalue weighted by molar-refractivity contribution is 0.0519. The van der Waals surface area contributed by atoms with E-state index in [9.17, 15) is 4.79 Å². The first-order valence-electron chi connectivity index (χ1n) is 7.78. The Morgan fingerprint density at radius 1 is 1.32 bits per heavy atom. The van der Waals surface area contributed by atoms with Gasteiger partial charge < -0.3 is 14.6 Å². The maximum atomic E-state index is 11.9. The highest BCUT2D eigenvalue weighted by molar-refractivity contribution is 5.90. The Morgan fingerprint density at radius 3 is 2.77 bits per heavy atom. The summed E-state index contributed by atoms with van der Waals surface area (Å²) in [6.07, 6.45) is 2.44. The molecule has 1 aliphatic rings. The minimum atomic E-state index is -0.374. The molecule has 3 rings (SSSR count). The number of imidazole rings is 1. The molecule has 1 aromatic heterocycles. The van der Waals surface area contributed by atoms with Crippen molar-refractivity contribution >= 4 is 11.7 Å². The minimum absolute atomic E-state index is 0.352. The minimum Gasteiger partial charge on any atom is -0.461 e. The maximum Gasteiger partial charge on any atom is 0.358 e. The number of hydrogen-bond acceptors (Lipinski definition) is 4. The van der Waals surface area contributed by atoms with Crippen molar-refractivity contribution in [2.45, 2.75) is 26.7 Å². The number of hydrogen-bond donors (Lipinski definition) is 1. The van der Waals surface area contributed by atoms with Gasteiger partial charge in [0.2, 0.25) is 0 Å². The predicted octanol–water partition coefficient (Wildman–Crippen LogP) is 3.16. The Hall–Kier alpha value is -2.30. The zero-order chi connectivity index (χ0) is 15.5. The van der Waals surface area contributed by atoms with Crippen LogP contribution < -0.4 is 4.90 Å². The van der Waals surface area contributed by atoms with Crippen molar-refractivity contribution in [1.29, 1.82) is 0 Å². The van der Waals surface area contributed by atoms with Crippen molar-refractivity contribution in [3.63, 3.8) is 0 Å². The van der Waals surface area contributed by atoms with E-state index in [1.165, 1.54) is 18.5 Å². The SMILES string of the molecule is CCOC(=O)c1nc(-c2ccccc2N2CCCC2)[nH]c1C. The number of ether oxygens (including phenoxy) is 1. The number of H-pyrrole nitrogens is 1. The summed E-state index contributed by atoms with van der Waals surface area (Å²) in [6, 6.07) is 8.19. The van der Waals surface area contributed by atoms with Crippen LogP contribution in [0.1, 0.15) is 35.9 Å². The summed E-state index contributed by atoms with van der Waals surface area (Å²) >= 11 is 0. The molecule has 116 valence electrons. The number of rotatable bonds is 4. The molecule has 0 spiro atoms. The van der Waals surface area contributed by atoms with Crippen LogP contribution in [-0.2, 0) is 4.74 Å². The average Bonchev–Trinajstić information content (AvgIpc) is 3.17. The first-order chi connectivity index (χ1) is 10.7. The first-order valence-corrected chi connectivity index (χ1v) is 7.78. The third kappa shape index (κ3) is 2.71. The number of carbonyl (C=O) groups excluding carboxylic acids is 1. The van der Waals surface area contributed by atoms with Gasteiger partial charge in [-0.3, -0.25) is 0 Å². The van der Waals surface area contributed by atoms with Gasteiger partial charge in [0.05, 0.1) is 6.61 Å². The fourth-order valence-electron chi connectivity index (χ4n) is 2.89. The number of benzene rings is 1. The van der Waals surface area contributed by atoms with E-state index >= 15 is 0 Å². The Balaban J connectivity index is 1.98. The van der Waals surface area contributed by atoms with Gasteiger partial charge in [-0.2, -0.15) is 0 Å². The third-order valence-electron chi connectivity index (χ3n) is 3.96. The molecule has 0 unspecified atom stereocenters. The second kappa shape index (κ2) is 6.22. The van der Waals surface area contributed by atoms with E-state index in [0.29, 0.717) is 12.3 Å². The van der Waals surface area contributed by atoms with Crippen LogP contribution in [0.4, 0.5) is 5.69 Å². The zero-order valence-corrected chi connectivity index (χ0v) is 13.1. The van der Waals surface area contributed by atoms with Gasteiger partial charge in [0.1, 0.15) is 5.82 Å². The molecule has 0 amide bonds. The fraction of sp³-hybridized carbons (Fsp3) is 0.412. The summed E-state index contributed by atoms with van der Waals surface area (Å²) in [4.78, 5) is 22.0. The predicted molar refractivity (Wildman–Crippen MR) is 86.2 cm³/mol. The van der Waals surface area contributed by atoms with Gasteiger partial charge in [-0.25, -0.2) is 9.78 Å². The van der Waals surface area contributed by atoms with Crippen molar-refractivity contribution in [1.82, 2.24) is 9.97 Å². The van der Waals surface area contributed by atoms with Crippen LogP contribution in [-0.4, -0.2) is 35.6 Å². The standard InChI is InChI=1S/C17H21N3O2/c1-3-22-17(21)15-12(2)18-16(19-15)13-8-4-5-9-14(13)20-10-6-7-11-20/h4-5,8-9H,3,6-7,10-11H2,1-2H3,(H,18,19). The molecule has 0 saturated carbocycles. The second-order valence-electron chi connectivity index (χ2n) is 5.49. The van der Waals surface area contributed by atoms with Gasteiger partial charge in [-0.05, 0) is 38.8 Å². The Labute approximate surface area is 130 Å².